The van der Waals surface area contributed by atoms with Gasteiger partial charge in [-0.25, -0.2) is 4.79 Å². The molecule has 0 spiro atoms. The van der Waals surface area contributed by atoms with Crippen molar-refractivity contribution in [3.63, 3.8) is 0 Å². The van der Waals surface area contributed by atoms with Crippen LogP contribution in [0.1, 0.15) is 33.6 Å². The fraction of sp³-hybridized carbons (Fsp3) is 0.857. The molecule has 0 unspecified atom stereocenters. The second-order valence-corrected chi connectivity index (χ2v) is 5.58. The highest BCUT2D eigenvalue weighted by molar-refractivity contribution is 5.75. The first kappa shape index (κ1) is 16.8. The predicted octanol–water partition coefficient (Wildman–Crippen LogP) is 1.32. The fourth-order valence-corrected chi connectivity index (χ4v) is 2.51. The summed E-state index contributed by atoms with van der Waals surface area (Å²) in [7, 11) is 0. The average Bonchev–Trinajstić information content (AvgIpc) is 2.59. The number of carboxylic acid groups (broad SMARTS) is 1. The summed E-state index contributed by atoms with van der Waals surface area (Å²) in [6.07, 6.45) is 1.78. The van der Waals surface area contributed by atoms with E-state index in [1.54, 1.807) is 0 Å². The number of hydrogen-bond acceptors (Lipinski definition) is 3. The number of carboxylic acids is 1. The first-order valence-corrected chi connectivity index (χ1v) is 7.45. The van der Waals surface area contributed by atoms with E-state index in [1.807, 2.05) is 28.5 Å². The van der Waals surface area contributed by atoms with Gasteiger partial charge in [-0.05, 0) is 26.7 Å². The molecule has 1 aliphatic rings. The van der Waals surface area contributed by atoms with Crippen LogP contribution in [0.25, 0.3) is 0 Å². The van der Waals surface area contributed by atoms with Crippen LogP contribution in [0.2, 0.25) is 0 Å². The number of rotatable bonds is 5. The standard InChI is InChI=1S/C14H27N3O3/c1-4-6-17(12(2)3)14(20)16-8-5-7-15(9-10-16)11-13(18)19/h12H,4-11H2,1-3H3,(H,18,19). The lowest BCUT2D eigenvalue weighted by Crippen LogP contribution is -2.48. The summed E-state index contributed by atoms with van der Waals surface area (Å²) in [6, 6.07) is 0.278. The van der Waals surface area contributed by atoms with E-state index in [-0.39, 0.29) is 18.6 Å². The molecule has 1 rings (SSSR count). The Hall–Kier alpha value is -1.30. The van der Waals surface area contributed by atoms with Crippen molar-refractivity contribution >= 4 is 12.0 Å². The van der Waals surface area contributed by atoms with E-state index in [1.165, 1.54) is 0 Å². The van der Waals surface area contributed by atoms with Gasteiger partial charge in [0.05, 0.1) is 6.54 Å². The summed E-state index contributed by atoms with van der Waals surface area (Å²) in [5.74, 6) is -0.806. The molecule has 0 bridgehead atoms. The van der Waals surface area contributed by atoms with Crippen LogP contribution < -0.4 is 0 Å². The molecule has 0 aromatic heterocycles. The summed E-state index contributed by atoms with van der Waals surface area (Å²) in [5, 5.41) is 8.83. The van der Waals surface area contributed by atoms with Crippen molar-refractivity contribution in [1.82, 2.24) is 14.7 Å². The van der Waals surface area contributed by atoms with E-state index in [0.717, 1.165) is 25.9 Å². The number of urea groups is 1. The quantitative estimate of drug-likeness (QED) is 0.827. The van der Waals surface area contributed by atoms with Crippen LogP contribution >= 0.6 is 0 Å². The molecule has 6 heteroatoms. The summed E-state index contributed by atoms with van der Waals surface area (Å²) in [5.41, 5.74) is 0. The zero-order valence-electron chi connectivity index (χ0n) is 12.8. The molecule has 1 heterocycles. The molecule has 0 aromatic carbocycles. The lowest BCUT2D eigenvalue weighted by atomic mass is 10.3. The van der Waals surface area contributed by atoms with Gasteiger partial charge >= 0.3 is 12.0 Å². The minimum Gasteiger partial charge on any atom is -0.480 e. The van der Waals surface area contributed by atoms with Crippen LogP contribution in [0.15, 0.2) is 0 Å². The Morgan fingerprint density at radius 1 is 1.20 bits per heavy atom. The topological polar surface area (TPSA) is 64.1 Å². The normalized spacial score (nSPS) is 17.1. The Morgan fingerprint density at radius 2 is 1.90 bits per heavy atom. The maximum absolute atomic E-state index is 12.5. The average molecular weight is 285 g/mol. The zero-order chi connectivity index (χ0) is 15.1. The van der Waals surface area contributed by atoms with Gasteiger partial charge in [-0.2, -0.15) is 0 Å². The van der Waals surface area contributed by atoms with Gasteiger partial charge in [0, 0.05) is 38.8 Å². The maximum Gasteiger partial charge on any atom is 0.320 e. The summed E-state index contributed by atoms with van der Waals surface area (Å²) in [4.78, 5) is 28.9. The number of amides is 2. The van der Waals surface area contributed by atoms with Gasteiger partial charge in [-0.1, -0.05) is 6.92 Å². The van der Waals surface area contributed by atoms with Crippen LogP contribution in [0.3, 0.4) is 0 Å². The monoisotopic (exact) mass is 285 g/mol. The van der Waals surface area contributed by atoms with Gasteiger partial charge in [0.15, 0.2) is 0 Å². The van der Waals surface area contributed by atoms with Gasteiger partial charge < -0.3 is 14.9 Å². The zero-order valence-corrected chi connectivity index (χ0v) is 12.8. The Morgan fingerprint density at radius 3 is 2.45 bits per heavy atom. The highest BCUT2D eigenvalue weighted by Gasteiger charge is 2.25. The van der Waals surface area contributed by atoms with Crippen LogP contribution in [-0.2, 0) is 4.79 Å². The van der Waals surface area contributed by atoms with E-state index >= 15 is 0 Å². The van der Waals surface area contributed by atoms with Crippen molar-refractivity contribution in [1.29, 1.82) is 0 Å². The van der Waals surface area contributed by atoms with Crippen LogP contribution in [0.4, 0.5) is 4.79 Å². The minimum absolute atomic E-state index is 0.0604. The number of aliphatic carboxylic acids is 1. The van der Waals surface area contributed by atoms with Crippen molar-refractivity contribution in [3.05, 3.63) is 0 Å². The molecule has 0 atom stereocenters. The second-order valence-electron chi connectivity index (χ2n) is 5.58. The maximum atomic E-state index is 12.5. The predicted molar refractivity (Wildman–Crippen MR) is 77.8 cm³/mol. The van der Waals surface area contributed by atoms with Crippen LogP contribution in [-0.4, -0.2) is 77.1 Å². The van der Waals surface area contributed by atoms with Crippen molar-refractivity contribution in [3.8, 4) is 0 Å². The molecule has 0 radical (unpaired) electrons. The van der Waals surface area contributed by atoms with E-state index in [0.29, 0.717) is 19.6 Å². The molecule has 20 heavy (non-hydrogen) atoms. The molecule has 116 valence electrons. The van der Waals surface area contributed by atoms with E-state index in [2.05, 4.69) is 6.92 Å². The van der Waals surface area contributed by atoms with Crippen molar-refractivity contribution in [2.75, 3.05) is 39.3 Å². The summed E-state index contributed by atoms with van der Waals surface area (Å²) in [6.45, 7) is 9.66. The van der Waals surface area contributed by atoms with Gasteiger partial charge in [-0.3, -0.25) is 9.69 Å². The first-order chi connectivity index (χ1) is 9.45. The van der Waals surface area contributed by atoms with Crippen LogP contribution in [0.5, 0.6) is 0 Å². The third-order valence-corrected chi connectivity index (χ3v) is 3.55. The lowest BCUT2D eigenvalue weighted by Gasteiger charge is -2.32. The molecule has 1 aliphatic heterocycles. The van der Waals surface area contributed by atoms with E-state index in [9.17, 15) is 9.59 Å². The summed E-state index contributed by atoms with van der Waals surface area (Å²) < 4.78 is 0. The van der Waals surface area contributed by atoms with Crippen molar-refractivity contribution in [2.24, 2.45) is 0 Å². The SMILES string of the molecule is CCCN(C(=O)N1CCCN(CC(=O)O)CC1)C(C)C. The van der Waals surface area contributed by atoms with Crippen molar-refractivity contribution in [2.45, 2.75) is 39.7 Å². The third kappa shape index (κ3) is 5.00. The molecule has 0 aliphatic carbocycles. The molecule has 6 nitrogen and oxygen atoms in total. The largest absolute Gasteiger partial charge is 0.480 e. The minimum atomic E-state index is -0.806. The molecule has 1 saturated heterocycles. The Balaban J connectivity index is 2.58. The van der Waals surface area contributed by atoms with Crippen molar-refractivity contribution < 1.29 is 14.7 Å². The molecule has 1 fully saturated rings. The molecule has 0 saturated carbocycles. The number of hydrogen-bond donors (Lipinski definition) is 1. The summed E-state index contributed by atoms with van der Waals surface area (Å²) >= 11 is 0. The Labute approximate surface area is 121 Å². The Kier molecular flexibility index (Phi) is 6.78. The fourth-order valence-electron chi connectivity index (χ4n) is 2.51. The van der Waals surface area contributed by atoms with Gasteiger partial charge in [0.2, 0.25) is 0 Å². The van der Waals surface area contributed by atoms with Gasteiger partial charge in [0.25, 0.3) is 0 Å². The number of carbonyl (C=O) groups excluding carboxylic acids is 1. The number of carbonyl (C=O) groups is 2. The van der Waals surface area contributed by atoms with Gasteiger partial charge in [0.1, 0.15) is 0 Å². The Bertz CT molecular complexity index is 334. The van der Waals surface area contributed by atoms with Gasteiger partial charge in [-0.15, -0.1) is 0 Å². The molecular weight excluding hydrogens is 258 g/mol. The first-order valence-electron chi connectivity index (χ1n) is 7.45. The lowest BCUT2D eigenvalue weighted by molar-refractivity contribution is -0.138. The second kappa shape index (κ2) is 8.09. The molecular formula is C14H27N3O3. The van der Waals surface area contributed by atoms with E-state index < -0.39 is 5.97 Å². The van der Waals surface area contributed by atoms with Crippen LogP contribution in [0, 0.1) is 0 Å². The number of nitrogens with zero attached hydrogens (tertiary/aromatic N) is 3. The smallest absolute Gasteiger partial charge is 0.320 e. The highest BCUT2D eigenvalue weighted by Crippen LogP contribution is 2.10. The molecule has 1 N–H and O–H groups in total. The van der Waals surface area contributed by atoms with E-state index in [4.69, 9.17) is 5.11 Å². The highest BCUT2D eigenvalue weighted by atomic mass is 16.4. The molecule has 0 aromatic rings. The molecule has 2 amide bonds. The third-order valence-electron chi connectivity index (χ3n) is 3.55.